The molecule has 0 unspecified atom stereocenters. The van der Waals surface area contributed by atoms with Crippen molar-refractivity contribution in [3.63, 3.8) is 0 Å². The fourth-order valence-electron chi connectivity index (χ4n) is 4.22. The quantitative estimate of drug-likeness (QED) is 0.237. The molecule has 1 nitrogen and oxygen atoms in total. The van der Waals surface area contributed by atoms with Gasteiger partial charge in [0, 0.05) is 21.8 Å². The second kappa shape index (κ2) is 6.35. The van der Waals surface area contributed by atoms with Crippen molar-refractivity contribution >= 4 is 55.5 Å². The monoisotopic (exact) mass is 369 g/mol. The molecule has 0 aliphatic heterocycles. The van der Waals surface area contributed by atoms with Crippen LogP contribution in [-0.4, -0.2) is 4.98 Å². The van der Waals surface area contributed by atoms with E-state index in [-0.39, 0.29) is 0 Å². The highest BCUT2D eigenvalue weighted by atomic mass is 14.7. The van der Waals surface area contributed by atoms with Crippen LogP contribution in [0.15, 0.2) is 97.1 Å². The molecule has 0 saturated heterocycles. The van der Waals surface area contributed by atoms with Crippen LogP contribution in [0, 0.1) is 0 Å². The third-order valence-corrected chi connectivity index (χ3v) is 5.73. The summed E-state index contributed by atoms with van der Waals surface area (Å²) >= 11 is 0. The van der Waals surface area contributed by atoms with Gasteiger partial charge in [0.25, 0.3) is 0 Å². The normalized spacial score (nSPS) is 12.0. The van der Waals surface area contributed by atoms with Crippen LogP contribution in [-0.2, 0) is 0 Å². The van der Waals surface area contributed by atoms with E-state index < -0.39 is 0 Å². The maximum absolute atomic E-state index is 3.49. The SMILES string of the molecule is C(=C\c1ccc2[nH]c3ccccc3c2c1)/c1ccc2cc3ccccc3cc2c1. The van der Waals surface area contributed by atoms with Crippen molar-refractivity contribution in [1.82, 2.24) is 4.98 Å². The zero-order chi connectivity index (χ0) is 19.2. The van der Waals surface area contributed by atoms with Gasteiger partial charge in [0.15, 0.2) is 0 Å². The van der Waals surface area contributed by atoms with Crippen molar-refractivity contribution in [1.29, 1.82) is 0 Å². The Morgan fingerprint density at radius 2 is 1.07 bits per heavy atom. The highest BCUT2D eigenvalue weighted by Gasteiger charge is 2.03. The molecule has 0 aliphatic rings. The van der Waals surface area contributed by atoms with E-state index in [1.807, 2.05) is 0 Å². The first-order chi connectivity index (χ1) is 14.3. The predicted octanol–water partition coefficient (Wildman–Crippen LogP) is 7.80. The fraction of sp³-hybridized carbons (Fsp3) is 0. The predicted molar refractivity (Wildman–Crippen MR) is 126 cm³/mol. The molecule has 1 heterocycles. The lowest BCUT2D eigenvalue weighted by atomic mass is 10.0. The Kier molecular flexibility index (Phi) is 3.54. The summed E-state index contributed by atoms with van der Waals surface area (Å²) in [5.74, 6) is 0. The molecular formula is C28H19N. The van der Waals surface area contributed by atoms with Gasteiger partial charge < -0.3 is 4.98 Å². The van der Waals surface area contributed by atoms with Crippen molar-refractivity contribution in [3.05, 3.63) is 108 Å². The van der Waals surface area contributed by atoms with E-state index >= 15 is 0 Å². The van der Waals surface area contributed by atoms with Crippen LogP contribution in [0.2, 0.25) is 0 Å². The van der Waals surface area contributed by atoms with Crippen molar-refractivity contribution in [2.24, 2.45) is 0 Å². The number of fused-ring (bicyclic) bond motifs is 5. The standard InChI is InChI=1S/C28H19N/c1-2-6-22-18-24-15-19(11-13-23(24)17-21(22)5-1)9-10-20-12-14-28-26(16-20)25-7-3-4-8-27(25)29-28/h1-18,29H/b10-9+. The highest BCUT2D eigenvalue weighted by Crippen LogP contribution is 2.27. The Bertz CT molecular complexity index is 1550. The fourth-order valence-corrected chi connectivity index (χ4v) is 4.22. The number of hydrogen-bond acceptors (Lipinski definition) is 0. The minimum absolute atomic E-state index is 1.18. The van der Waals surface area contributed by atoms with Crippen LogP contribution in [0.4, 0.5) is 0 Å². The van der Waals surface area contributed by atoms with Gasteiger partial charge in [-0.25, -0.2) is 0 Å². The number of aromatic nitrogens is 1. The molecule has 0 amide bonds. The summed E-state index contributed by atoms with van der Waals surface area (Å²) in [6.07, 6.45) is 4.40. The number of aromatic amines is 1. The molecule has 1 heteroatoms. The zero-order valence-electron chi connectivity index (χ0n) is 15.9. The average molecular weight is 369 g/mol. The molecule has 6 rings (SSSR count). The van der Waals surface area contributed by atoms with Gasteiger partial charge in [0.1, 0.15) is 0 Å². The van der Waals surface area contributed by atoms with Gasteiger partial charge in [-0.05, 0) is 69.1 Å². The highest BCUT2D eigenvalue weighted by molar-refractivity contribution is 6.08. The molecule has 0 atom stereocenters. The van der Waals surface area contributed by atoms with Crippen molar-refractivity contribution in [2.45, 2.75) is 0 Å². The first-order valence-electron chi connectivity index (χ1n) is 9.95. The van der Waals surface area contributed by atoms with Crippen molar-refractivity contribution in [2.75, 3.05) is 0 Å². The topological polar surface area (TPSA) is 15.8 Å². The van der Waals surface area contributed by atoms with E-state index in [2.05, 4.69) is 114 Å². The van der Waals surface area contributed by atoms with Crippen LogP contribution < -0.4 is 0 Å². The van der Waals surface area contributed by atoms with Gasteiger partial charge in [0.2, 0.25) is 0 Å². The van der Waals surface area contributed by atoms with E-state index in [1.54, 1.807) is 0 Å². The summed E-state index contributed by atoms with van der Waals surface area (Å²) in [5.41, 5.74) is 4.79. The van der Waals surface area contributed by atoms with Crippen LogP contribution in [0.1, 0.15) is 11.1 Å². The third-order valence-electron chi connectivity index (χ3n) is 5.73. The summed E-state index contributed by atoms with van der Waals surface area (Å²) in [7, 11) is 0. The number of H-pyrrole nitrogens is 1. The molecule has 0 radical (unpaired) electrons. The van der Waals surface area contributed by atoms with Crippen molar-refractivity contribution in [3.8, 4) is 0 Å². The molecule has 0 spiro atoms. The first kappa shape index (κ1) is 16.1. The van der Waals surface area contributed by atoms with E-state index in [1.165, 1.54) is 54.5 Å². The summed E-state index contributed by atoms with van der Waals surface area (Å²) in [6, 6.07) is 34.8. The van der Waals surface area contributed by atoms with Gasteiger partial charge in [0.05, 0.1) is 0 Å². The minimum Gasteiger partial charge on any atom is -0.355 e. The second-order valence-electron chi connectivity index (χ2n) is 7.61. The molecular weight excluding hydrogens is 350 g/mol. The van der Waals surface area contributed by atoms with Gasteiger partial charge in [-0.3, -0.25) is 0 Å². The molecule has 0 bridgehead atoms. The van der Waals surface area contributed by atoms with Gasteiger partial charge >= 0.3 is 0 Å². The molecule has 5 aromatic carbocycles. The number of para-hydroxylation sites is 1. The molecule has 136 valence electrons. The molecule has 1 N–H and O–H groups in total. The maximum atomic E-state index is 3.49. The summed E-state index contributed by atoms with van der Waals surface area (Å²) in [6.45, 7) is 0. The Morgan fingerprint density at radius 1 is 0.448 bits per heavy atom. The Labute approximate surface area is 168 Å². The summed E-state index contributed by atoms with van der Waals surface area (Å²) < 4.78 is 0. The summed E-state index contributed by atoms with van der Waals surface area (Å²) in [4.78, 5) is 3.49. The number of nitrogens with one attached hydrogen (secondary N) is 1. The molecule has 29 heavy (non-hydrogen) atoms. The molecule has 0 fully saturated rings. The average Bonchev–Trinajstić information content (AvgIpc) is 3.14. The van der Waals surface area contributed by atoms with Crippen LogP contribution in [0.3, 0.4) is 0 Å². The maximum Gasteiger partial charge on any atom is 0.0465 e. The Hall–Kier alpha value is -3.84. The van der Waals surface area contributed by atoms with Crippen LogP contribution >= 0.6 is 0 Å². The molecule has 0 saturated carbocycles. The largest absolute Gasteiger partial charge is 0.355 e. The number of benzene rings is 5. The smallest absolute Gasteiger partial charge is 0.0465 e. The van der Waals surface area contributed by atoms with Crippen molar-refractivity contribution < 1.29 is 0 Å². The number of rotatable bonds is 2. The third kappa shape index (κ3) is 2.79. The molecule has 6 aromatic rings. The Balaban J connectivity index is 1.40. The van der Waals surface area contributed by atoms with E-state index in [0.717, 1.165) is 0 Å². The van der Waals surface area contributed by atoms with Gasteiger partial charge in [-0.15, -0.1) is 0 Å². The molecule has 0 aliphatic carbocycles. The Morgan fingerprint density at radius 3 is 1.93 bits per heavy atom. The molecule has 1 aromatic heterocycles. The van der Waals surface area contributed by atoms with E-state index in [9.17, 15) is 0 Å². The number of hydrogen-bond donors (Lipinski definition) is 1. The van der Waals surface area contributed by atoms with Gasteiger partial charge in [-0.1, -0.05) is 72.8 Å². The first-order valence-corrected chi connectivity index (χ1v) is 9.95. The van der Waals surface area contributed by atoms with Crippen LogP contribution in [0.5, 0.6) is 0 Å². The lowest BCUT2D eigenvalue weighted by Gasteiger charge is -2.04. The van der Waals surface area contributed by atoms with Crippen LogP contribution in [0.25, 0.3) is 55.5 Å². The summed E-state index contributed by atoms with van der Waals surface area (Å²) in [5, 5.41) is 7.67. The lowest BCUT2D eigenvalue weighted by molar-refractivity contribution is 1.54. The van der Waals surface area contributed by atoms with E-state index in [4.69, 9.17) is 0 Å². The lowest BCUT2D eigenvalue weighted by Crippen LogP contribution is -1.79. The zero-order valence-corrected chi connectivity index (χ0v) is 15.9. The minimum atomic E-state index is 1.18. The van der Waals surface area contributed by atoms with E-state index in [0.29, 0.717) is 0 Å². The second-order valence-corrected chi connectivity index (χ2v) is 7.61. The van der Waals surface area contributed by atoms with Gasteiger partial charge in [-0.2, -0.15) is 0 Å².